The van der Waals surface area contributed by atoms with Gasteiger partial charge in [-0.05, 0) is 35.9 Å². The van der Waals surface area contributed by atoms with Gasteiger partial charge in [-0.2, -0.15) is 21.1 Å². The average molecular weight is 446 g/mol. The smallest absolute Gasteiger partial charge is 0.341 e. The van der Waals surface area contributed by atoms with Gasteiger partial charge in [0.1, 0.15) is 11.4 Å². The molecular weight excluding hydrogens is 433 g/mol. The standard InChI is InChI=1S/C19H13ClFN5O3S/c1-10-23-24-17(26(10)22-6-11-2-3-30-9-11)8-25-7-13(19(28)29)18(27)12-4-15(21)14(20)5-16(12)25/h2-7,9H,8H2,1H3,(H,28,29)/b22-6+. The third kappa shape index (κ3) is 3.62. The highest BCUT2D eigenvalue weighted by molar-refractivity contribution is 7.08. The van der Waals surface area contributed by atoms with Crippen molar-refractivity contribution in [3.63, 3.8) is 0 Å². The first-order valence-corrected chi connectivity index (χ1v) is 9.90. The van der Waals surface area contributed by atoms with Crippen molar-refractivity contribution in [2.75, 3.05) is 0 Å². The van der Waals surface area contributed by atoms with Crippen LogP contribution in [0.25, 0.3) is 10.9 Å². The lowest BCUT2D eigenvalue weighted by atomic mass is 10.1. The van der Waals surface area contributed by atoms with Crippen LogP contribution in [0.1, 0.15) is 27.6 Å². The van der Waals surface area contributed by atoms with E-state index in [9.17, 15) is 19.1 Å². The highest BCUT2D eigenvalue weighted by atomic mass is 35.5. The average Bonchev–Trinajstić information content (AvgIpc) is 3.34. The summed E-state index contributed by atoms with van der Waals surface area (Å²) in [6.45, 7) is 1.75. The maximum absolute atomic E-state index is 14.0. The Bertz CT molecular complexity index is 1360. The van der Waals surface area contributed by atoms with Crippen molar-refractivity contribution in [2.24, 2.45) is 5.10 Å². The molecule has 152 valence electrons. The number of benzene rings is 1. The molecule has 0 aliphatic heterocycles. The summed E-state index contributed by atoms with van der Waals surface area (Å²) in [6, 6.07) is 4.12. The number of rotatable bonds is 5. The van der Waals surface area contributed by atoms with Crippen LogP contribution < -0.4 is 5.43 Å². The first kappa shape index (κ1) is 19.9. The number of fused-ring (bicyclic) bond motifs is 1. The summed E-state index contributed by atoms with van der Waals surface area (Å²) in [5.41, 5.74) is -0.111. The van der Waals surface area contributed by atoms with Crippen molar-refractivity contribution in [1.82, 2.24) is 19.4 Å². The third-order valence-electron chi connectivity index (χ3n) is 4.39. The van der Waals surface area contributed by atoms with Gasteiger partial charge in [0.2, 0.25) is 5.43 Å². The summed E-state index contributed by atoms with van der Waals surface area (Å²) in [6.07, 6.45) is 2.83. The van der Waals surface area contributed by atoms with E-state index in [1.165, 1.54) is 32.8 Å². The molecule has 30 heavy (non-hydrogen) atoms. The quantitative estimate of drug-likeness (QED) is 0.474. The number of carboxylic acid groups (broad SMARTS) is 1. The SMILES string of the molecule is Cc1nnc(Cn2cc(C(=O)O)c(=O)c3cc(F)c(Cl)cc32)n1/N=C/c1ccsc1. The lowest BCUT2D eigenvalue weighted by molar-refractivity contribution is 0.0695. The predicted octanol–water partition coefficient (Wildman–Crippen LogP) is 3.38. The zero-order chi connectivity index (χ0) is 21.4. The maximum atomic E-state index is 14.0. The molecule has 0 fully saturated rings. The molecule has 8 nitrogen and oxygen atoms in total. The number of aryl methyl sites for hydroxylation is 1. The lowest BCUT2D eigenvalue weighted by Gasteiger charge is -2.12. The minimum absolute atomic E-state index is 0.0286. The second-order valence-electron chi connectivity index (χ2n) is 6.36. The van der Waals surface area contributed by atoms with Crippen LogP contribution in [0, 0.1) is 12.7 Å². The van der Waals surface area contributed by atoms with Gasteiger partial charge in [0.15, 0.2) is 11.6 Å². The number of hydrogen-bond acceptors (Lipinski definition) is 6. The lowest BCUT2D eigenvalue weighted by Crippen LogP contribution is -2.20. The van der Waals surface area contributed by atoms with Crippen LogP contribution in [0.4, 0.5) is 4.39 Å². The van der Waals surface area contributed by atoms with E-state index in [2.05, 4.69) is 15.3 Å². The van der Waals surface area contributed by atoms with E-state index in [0.29, 0.717) is 11.6 Å². The molecule has 3 heterocycles. The first-order chi connectivity index (χ1) is 14.3. The molecule has 1 N–H and O–H groups in total. The largest absolute Gasteiger partial charge is 0.477 e. The molecule has 4 rings (SSSR count). The number of carboxylic acids is 1. The van der Waals surface area contributed by atoms with E-state index in [1.807, 2.05) is 16.8 Å². The summed E-state index contributed by atoms with van der Waals surface area (Å²) in [7, 11) is 0. The van der Waals surface area contributed by atoms with E-state index in [1.54, 1.807) is 13.1 Å². The number of halogens is 2. The molecule has 3 aromatic heterocycles. The number of hydrogen-bond donors (Lipinski definition) is 1. The van der Waals surface area contributed by atoms with Crippen molar-refractivity contribution in [1.29, 1.82) is 0 Å². The van der Waals surface area contributed by atoms with Crippen LogP contribution >= 0.6 is 22.9 Å². The minimum Gasteiger partial charge on any atom is -0.477 e. The van der Waals surface area contributed by atoms with Crippen molar-refractivity contribution in [2.45, 2.75) is 13.5 Å². The Labute approximate surface area is 177 Å². The Hall–Kier alpha value is -3.37. The van der Waals surface area contributed by atoms with Crippen molar-refractivity contribution >= 4 is 46.0 Å². The molecule has 0 bridgehead atoms. The fourth-order valence-corrected chi connectivity index (χ4v) is 3.71. The number of aromatic carboxylic acids is 1. The third-order valence-corrected chi connectivity index (χ3v) is 5.38. The van der Waals surface area contributed by atoms with Gasteiger partial charge < -0.3 is 9.67 Å². The van der Waals surface area contributed by atoms with Crippen molar-refractivity contribution in [3.8, 4) is 0 Å². The molecule has 1 aromatic carbocycles. The van der Waals surface area contributed by atoms with E-state index >= 15 is 0 Å². The van der Waals surface area contributed by atoms with Gasteiger partial charge in [-0.25, -0.2) is 9.18 Å². The molecule has 11 heteroatoms. The molecule has 0 atom stereocenters. The molecule has 0 radical (unpaired) electrons. The normalized spacial score (nSPS) is 11.6. The summed E-state index contributed by atoms with van der Waals surface area (Å²) in [4.78, 5) is 24.0. The summed E-state index contributed by atoms with van der Waals surface area (Å²) in [5.74, 6) is -1.32. The number of nitrogens with zero attached hydrogens (tertiary/aromatic N) is 5. The second-order valence-corrected chi connectivity index (χ2v) is 7.55. The van der Waals surface area contributed by atoms with Gasteiger partial charge in [-0.3, -0.25) is 4.79 Å². The Kier molecular flexibility index (Phi) is 5.18. The van der Waals surface area contributed by atoms with Gasteiger partial charge in [0, 0.05) is 17.1 Å². The van der Waals surface area contributed by atoms with E-state index in [4.69, 9.17) is 11.6 Å². The second kappa shape index (κ2) is 7.81. The van der Waals surface area contributed by atoms with E-state index in [-0.39, 0.29) is 22.5 Å². The van der Waals surface area contributed by atoms with Crippen LogP contribution in [0.3, 0.4) is 0 Å². The monoisotopic (exact) mass is 445 g/mol. The van der Waals surface area contributed by atoms with Gasteiger partial charge in [0.25, 0.3) is 0 Å². The summed E-state index contributed by atoms with van der Waals surface area (Å²) >= 11 is 7.43. The Balaban J connectivity index is 1.85. The molecule has 0 saturated carbocycles. The Morgan fingerprint density at radius 1 is 1.40 bits per heavy atom. The molecule has 0 spiro atoms. The minimum atomic E-state index is -1.42. The molecule has 4 aromatic rings. The highest BCUT2D eigenvalue weighted by Crippen LogP contribution is 2.22. The number of thiophene rings is 1. The fourth-order valence-electron chi connectivity index (χ4n) is 2.94. The van der Waals surface area contributed by atoms with Crippen molar-refractivity contribution in [3.05, 3.63) is 79.0 Å². The van der Waals surface area contributed by atoms with Crippen LogP contribution in [0.2, 0.25) is 5.02 Å². The van der Waals surface area contributed by atoms with Crippen LogP contribution in [0.15, 0.2) is 45.1 Å². The molecule has 0 aliphatic rings. The predicted molar refractivity (Wildman–Crippen MR) is 111 cm³/mol. The van der Waals surface area contributed by atoms with E-state index in [0.717, 1.165) is 11.6 Å². The molecule has 0 aliphatic carbocycles. The van der Waals surface area contributed by atoms with Crippen molar-refractivity contribution < 1.29 is 14.3 Å². The van der Waals surface area contributed by atoms with Gasteiger partial charge in [-0.1, -0.05) is 11.6 Å². The maximum Gasteiger partial charge on any atom is 0.341 e. The summed E-state index contributed by atoms with van der Waals surface area (Å²) < 4.78 is 16.9. The van der Waals surface area contributed by atoms with Gasteiger partial charge in [0.05, 0.1) is 23.3 Å². The molecule has 0 unspecified atom stereocenters. The number of carbonyl (C=O) groups is 1. The molecule has 0 saturated heterocycles. The first-order valence-electron chi connectivity index (χ1n) is 8.58. The number of aromatic nitrogens is 4. The zero-order valence-corrected chi connectivity index (χ0v) is 17.0. The number of pyridine rings is 1. The molecular formula is C19H13ClFN5O3S. The van der Waals surface area contributed by atoms with Crippen LogP contribution in [0.5, 0.6) is 0 Å². The molecule has 0 amide bonds. The van der Waals surface area contributed by atoms with Gasteiger partial charge in [-0.15, -0.1) is 10.2 Å². The van der Waals surface area contributed by atoms with E-state index < -0.39 is 22.8 Å². The topological polar surface area (TPSA) is 102 Å². The highest BCUT2D eigenvalue weighted by Gasteiger charge is 2.18. The Morgan fingerprint density at radius 3 is 2.90 bits per heavy atom. The Morgan fingerprint density at radius 2 is 2.20 bits per heavy atom. The fraction of sp³-hybridized carbons (Fsp3) is 0.105. The van der Waals surface area contributed by atoms with Crippen LogP contribution in [-0.2, 0) is 6.54 Å². The zero-order valence-electron chi connectivity index (χ0n) is 15.4. The van der Waals surface area contributed by atoms with Gasteiger partial charge >= 0.3 is 5.97 Å². The summed E-state index contributed by atoms with van der Waals surface area (Å²) in [5, 5.41) is 25.5. The van der Waals surface area contributed by atoms with Crippen LogP contribution in [-0.4, -0.2) is 36.7 Å².